The summed E-state index contributed by atoms with van der Waals surface area (Å²) in [5.74, 6) is 0. The van der Waals surface area contributed by atoms with E-state index >= 15 is 0 Å². The fraction of sp³-hybridized carbons (Fsp3) is 0.312. The molecule has 0 spiro atoms. The highest BCUT2D eigenvalue weighted by Gasteiger charge is 2.06. The molecular weight excluding hydrogens is 252 g/mol. The molecule has 0 fully saturated rings. The van der Waals surface area contributed by atoms with Crippen LogP contribution in [0.5, 0.6) is 0 Å². The Morgan fingerprint density at radius 3 is 2.79 bits per heavy atom. The van der Waals surface area contributed by atoms with Crippen LogP contribution >= 0.6 is 11.8 Å². The van der Waals surface area contributed by atoms with Gasteiger partial charge in [-0.2, -0.15) is 0 Å². The zero-order valence-corrected chi connectivity index (χ0v) is 12.5. The molecule has 100 valence electrons. The van der Waals surface area contributed by atoms with Gasteiger partial charge in [0.15, 0.2) is 0 Å². The van der Waals surface area contributed by atoms with Crippen LogP contribution in [0.15, 0.2) is 52.5 Å². The van der Waals surface area contributed by atoms with E-state index in [9.17, 15) is 0 Å². The summed E-state index contributed by atoms with van der Waals surface area (Å²) in [6.45, 7) is 7.29. The summed E-state index contributed by atoms with van der Waals surface area (Å²) >= 11 is 1.73. The van der Waals surface area contributed by atoms with Gasteiger partial charge in [0, 0.05) is 23.7 Å². The Morgan fingerprint density at radius 2 is 2.05 bits per heavy atom. The molecule has 0 aliphatic rings. The van der Waals surface area contributed by atoms with Crippen molar-refractivity contribution in [3.63, 3.8) is 0 Å². The third kappa shape index (κ3) is 4.37. The number of hydrogen-bond donors (Lipinski definition) is 1. The second kappa shape index (κ2) is 6.73. The molecule has 0 atom stereocenters. The number of aryl methyl sites for hydroxylation is 1. The summed E-state index contributed by atoms with van der Waals surface area (Å²) in [5, 5.41) is 4.53. The fourth-order valence-corrected chi connectivity index (χ4v) is 2.75. The molecule has 1 N–H and O–H groups in total. The number of rotatable bonds is 5. The first kappa shape index (κ1) is 14.1. The van der Waals surface area contributed by atoms with Crippen molar-refractivity contribution in [2.24, 2.45) is 0 Å². The molecule has 0 aliphatic carbocycles. The Kier molecular flexibility index (Phi) is 5.00. The van der Waals surface area contributed by atoms with Crippen LogP contribution in [0.1, 0.15) is 25.0 Å². The summed E-state index contributed by atoms with van der Waals surface area (Å²) < 4.78 is 0. The van der Waals surface area contributed by atoms with Crippen molar-refractivity contribution in [3.05, 3.63) is 53.7 Å². The van der Waals surface area contributed by atoms with E-state index in [2.05, 4.69) is 61.4 Å². The van der Waals surface area contributed by atoms with Crippen molar-refractivity contribution >= 4 is 11.8 Å². The maximum absolute atomic E-state index is 4.50. The molecular formula is C16H20N2S. The summed E-state index contributed by atoms with van der Waals surface area (Å²) in [5.41, 5.74) is 2.53. The minimum absolute atomic E-state index is 0.483. The maximum atomic E-state index is 4.50. The van der Waals surface area contributed by atoms with E-state index in [0.717, 1.165) is 11.6 Å². The molecule has 2 rings (SSSR count). The Labute approximate surface area is 119 Å². The van der Waals surface area contributed by atoms with Crippen LogP contribution in [0.3, 0.4) is 0 Å². The first-order valence-corrected chi connectivity index (χ1v) is 7.38. The lowest BCUT2D eigenvalue weighted by Crippen LogP contribution is -2.22. The minimum Gasteiger partial charge on any atom is -0.310 e. The van der Waals surface area contributed by atoms with E-state index in [1.54, 1.807) is 11.8 Å². The summed E-state index contributed by atoms with van der Waals surface area (Å²) in [6.07, 6.45) is 1.86. The van der Waals surface area contributed by atoms with E-state index in [4.69, 9.17) is 0 Å². The van der Waals surface area contributed by atoms with Gasteiger partial charge in [-0.25, -0.2) is 4.98 Å². The van der Waals surface area contributed by atoms with Crippen LogP contribution < -0.4 is 5.32 Å². The van der Waals surface area contributed by atoms with Crippen LogP contribution in [0, 0.1) is 6.92 Å². The Bertz CT molecular complexity index is 538. The van der Waals surface area contributed by atoms with Crippen molar-refractivity contribution in [2.75, 3.05) is 0 Å². The summed E-state index contributed by atoms with van der Waals surface area (Å²) in [7, 11) is 0. The zero-order valence-electron chi connectivity index (χ0n) is 11.7. The van der Waals surface area contributed by atoms with Gasteiger partial charge >= 0.3 is 0 Å². The van der Waals surface area contributed by atoms with Gasteiger partial charge in [0.2, 0.25) is 0 Å². The molecule has 2 nitrogen and oxygen atoms in total. The molecule has 0 amide bonds. The molecule has 2 aromatic rings. The van der Waals surface area contributed by atoms with Crippen molar-refractivity contribution in [3.8, 4) is 0 Å². The van der Waals surface area contributed by atoms with Gasteiger partial charge in [0.25, 0.3) is 0 Å². The number of benzene rings is 1. The van der Waals surface area contributed by atoms with Crippen LogP contribution in [0.4, 0.5) is 0 Å². The maximum Gasteiger partial charge on any atom is 0.105 e. The zero-order chi connectivity index (χ0) is 13.7. The topological polar surface area (TPSA) is 24.9 Å². The predicted octanol–water partition coefficient (Wildman–Crippen LogP) is 4.04. The molecule has 0 saturated carbocycles. The van der Waals surface area contributed by atoms with Crippen molar-refractivity contribution in [1.29, 1.82) is 0 Å². The van der Waals surface area contributed by atoms with Crippen LogP contribution in [0.2, 0.25) is 0 Å². The normalized spacial score (nSPS) is 10.9. The monoisotopic (exact) mass is 272 g/mol. The van der Waals surface area contributed by atoms with Crippen LogP contribution in [-0.2, 0) is 6.54 Å². The molecule has 1 aromatic heterocycles. The van der Waals surface area contributed by atoms with Crippen LogP contribution in [0.25, 0.3) is 0 Å². The highest BCUT2D eigenvalue weighted by atomic mass is 32.2. The molecule has 3 heteroatoms. The summed E-state index contributed by atoms with van der Waals surface area (Å²) in [4.78, 5) is 5.74. The first-order chi connectivity index (χ1) is 9.15. The quantitative estimate of drug-likeness (QED) is 0.889. The second-order valence-electron chi connectivity index (χ2n) is 4.92. The first-order valence-electron chi connectivity index (χ1n) is 6.57. The number of nitrogens with zero attached hydrogens (tertiary/aromatic N) is 1. The Morgan fingerprint density at radius 1 is 1.21 bits per heavy atom. The second-order valence-corrected chi connectivity index (χ2v) is 5.98. The highest BCUT2D eigenvalue weighted by molar-refractivity contribution is 7.99. The SMILES string of the molecule is Cc1cccc(Sc2ncccc2CNC(C)C)c1. The van der Waals surface area contributed by atoms with Gasteiger partial charge in [0.05, 0.1) is 0 Å². The standard InChI is InChI=1S/C16H20N2S/c1-12(2)18-11-14-7-5-9-17-16(14)19-15-8-4-6-13(3)10-15/h4-10,12,18H,11H2,1-3H3. The smallest absolute Gasteiger partial charge is 0.105 e. The molecule has 0 radical (unpaired) electrons. The molecule has 0 unspecified atom stereocenters. The van der Waals surface area contributed by atoms with Gasteiger partial charge in [-0.1, -0.05) is 49.4 Å². The van der Waals surface area contributed by atoms with Gasteiger partial charge < -0.3 is 5.32 Å². The number of aromatic nitrogens is 1. The third-order valence-corrected chi connectivity index (χ3v) is 3.81. The van der Waals surface area contributed by atoms with E-state index < -0.39 is 0 Å². The number of nitrogens with one attached hydrogen (secondary N) is 1. The molecule has 0 aliphatic heterocycles. The van der Waals surface area contributed by atoms with Crippen molar-refractivity contribution in [1.82, 2.24) is 10.3 Å². The largest absolute Gasteiger partial charge is 0.310 e. The van der Waals surface area contributed by atoms with E-state index in [-0.39, 0.29) is 0 Å². The highest BCUT2D eigenvalue weighted by Crippen LogP contribution is 2.29. The number of pyridine rings is 1. The molecule has 0 bridgehead atoms. The van der Waals surface area contributed by atoms with Crippen molar-refractivity contribution in [2.45, 2.75) is 43.3 Å². The molecule has 19 heavy (non-hydrogen) atoms. The Hall–Kier alpha value is -1.32. The molecule has 0 saturated heterocycles. The van der Waals surface area contributed by atoms with Gasteiger partial charge in [-0.05, 0) is 30.7 Å². The lowest BCUT2D eigenvalue weighted by Gasteiger charge is -2.11. The third-order valence-electron chi connectivity index (χ3n) is 2.75. The average molecular weight is 272 g/mol. The van der Waals surface area contributed by atoms with E-state index in [1.807, 2.05) is 12.3 Å². The molecule has 1 heterocycles. The van der Waals surface area contributed by atoms with Crippen molar-refractivity contribution < 1.29 is 0 Å². The molecule has 1 aromatic carbocycles. The van der Waals surface area contributed by atoms with Crippen LogP contribution in [-0.4, -0.2) is 11.0 Å². The number of hydrogen-bond acceptors (Lipinski definition) is 3. The lowest BCUT2D eigenvalue weighted by atomic mass is 10.2. The fourth-order valence-electron chi connectivity index (χ4n) is 1.76. The minimum atomic E-state index is 0.483. The lowest BCUT2D eigenvalue weighted by molar-refractivity contribution is 0.582. The Balaban J connectivity index is 2.15. The van der Waals surface area contributed by atoms with Gasteiger partial charge in [0.1, 0.15) is 5.03 Å². The van der Waals surface area contributed by atoms with E-state index in [1.165, 1.54) is 16.0 Å². The average Bonchev–Trinajstić information content (AvgIpc) is 2.38. The van der Waals surface area contributed by atoms with E-state index in [0.29, 0.717) is 6.04 Å². The van der Waals surface area contributed by atoms with Gasteiger partial charge in [-0.3, -0.25) is 0 Å². The van der Waals surface area contributed by atoms with Gasteiger partial charge in [-0.15, -0.1) is 0 Å². The summed E-state index contributed by atoms with van der Waals surface area (Å²) in [6, 6.07) is 13.1. The predicted molar refractivity (Wildman–Crippen MR) is 81.5 cm³/mol.